The van der Waals surface area contributed by atoms with Crippen molar-refractivity contribution in [3.8, 4) is 11.1 Å². The molecule has 5 heterocycles. The summed E-state index contributed by atoms with van der Waals surface area (Å²) in [6.07, 6.45) is 5.15. The van der Waals surface area contributed by atoms with E-state index in [4.69, 9.17) is 19.9 Å². The van der Waals surface area contributed by atoms with Gasteiger partial charge in [-0.3, -0.25) is 0 Å². The fraction of sp³-hybridized carbons (Fsp3) is 0.385. The average molecular weight is 797 g/mol. The van der Waals surface area contributed by atoms with Gasteiger partial charge in [-0.05, 0) is 71.3 Å². The fourth-order valence-corrected chi connectivity index (χ4v) is 10.4. The Balaban J connectivity index is 1.39. The van der Waals surface area contributed by atoms with Gasteiger partial charge in [0, 0.05) is 33.3 Å². The first-order valence-corrected chi connectivity index (χ1v) is 21.9. The second-order valence-corrected chi connectivity index (χ2v) is 19.6. The zero-order valence-corrected chi connectivity index (χ0v) is 37.2. The Morgan fingerprint density at radius 2 is 1.23 bits per heavy atom. The number of hydrogen-bond acceptors (Lipinski definition) is 8. The lowest BCUT2D eigenvalue weighted by molar-refractivity contribution is 0.0544. The van der Waals surface area contributed by atoms with Gasteiger partial charge in [-0.25, -0.2) is 19.9 Å². The molecule has 2 aromatic heterocycles. The van der Waals surface area contributed by atoms with Crippen molar-refractivity contribution in [2.45, 2.75) is 123 Å². The lowest BCUT2D eigenvalue weighted by Crippen LogP contribution is -2.71. The first-order chi connectivity index (χ1) is 28.6. The van der Waals surface area contributed by atoms with Crippen molar-refractivity contribution in [2.75, 3.05) is 20.0 Å². The number of hydrogen-bond donors (Lipinski definition) is 1. The molecule has 0 saturated heterocycles. The van der Waals surface area contributed by atoms with E-state index >= 15 is 0 Å². The number of benzene rings is 4. The van der Waals surface area contributed by atoms with Gasteiger partial charge in [-0.1, -0.05) is 149 Å². The molecular weight excluding hydrogens is 737 g/mol. The minimum absolute atomic E-state index is 0.175. The largest absolute Gasteiger partial charge is 0.346 e. The van der Waals surface area contributed by atoms with Gasteiger partial charge >= 0.3 is 0 Å². The molecule has 0 radical (unpaired) electrons. The summed E-state index contributed by atoms with van der Waals surface area (Å²) in [5.41, 5.74) is 9.04. The molecule has 8 heteroatoms. The van der Waals surface area contributed by atoms with Crippen LogP contribution in [0.5, 0.6) is 0 Å². The summed E-state index contributed by atoms with van der Waals surface area (Å²) in [5, 5.41) is 4.14. The van der Waals surface area contributed by atoms with Gasteiger partial charge in [0.2, 0.25) is 0 Å². The third-order valence-corrected chi connectivity index (χ3v) is 13.8. The molecule has 3 aliphatic heterocycles. The third kappa shape index (κ3) is 5.84. The first kappa shape index (κ1) is 39.7. The monoisotopic (exact) mass is 796 g/mol. The fourth-order valence-electron chi connectivity index (χ4n) is 10.4. The van der Waals surface area contributed by atoms with Crippen LogP contribution in [0.1, 0.15) is 117 Å². The Bertz CT molecular complexity index is 2560. The van der Waals surface area contributed by atoms with Crippen molar-refractivity contribution >= 4 is 40.3 Å². The van der Waals surface area contributed by atoms with Crippen LogP contribution in [0.4, 0.5) is 40.3 Å². The molecule has 9 rings (SSSR count). The second kappa shape index (κ2) is 14.2. The van der Waals surface area contributed by atoms with Crippen molar-refractivity contribution in [1.29, 1.82) is 0 Å². The summed E-state index contributed by atoms with van der Waals surface area (Å²) in [6, 6.07) is 37.7. The molecule has 8 nitrogen and oxygen atoms in total. The molecule has 4 unspecified atom stereocenters. The Morgan fingerprint density at radius 3 is 1.83 bits per heavy atom. The second-order valence-electron chi connectivity index (χ2n) is 19.6. The van der Waals surface area contributed by atoms with Crippen LogP contribution in [0.3, 0.4) is 0 Å². The van der Waals surface area contributed by atoms with Crippen LogP contribution in [-0.4, -0.2) is 32.3 Å². The molecule has 60 heavy (non-hydrogen) atoms. The topological polar surface area (TPSA) is 73.3 Å². The van der Waals surface area contributed by atoms with Crippen molar-refractivity contribution in [3.63, 3.8) is 0 Å². The number of rotatable bonds is 7. The van der Waals surface area contributed by atoms with Gasteiger partial charge in [0.1, 0.15) is 12.3 Å². The van der Waals surface area contributed by atoms with E-state index in [0.717, 1.165) is 58.9 Å². The maximum absolute atomic E-state index is 5.62. The van der Waals surface area contributed by atoms with Crippen molar-refractivity contribution < 1.29 is 0 Å². The highest BCUT2D eigenvalue weighted by molar-refractivity contribution is 5.90. The molecule has 0 fully saturated rings. The Hall–Kier alpha value is -5.76. The van der Waals surface area contributed by atoms with Crippen LogP contribution in [0, 0.1) is 5.41 Å². The highest BCUT2D eigenvalue weighted by Gasteiger charge is 2.69. The zero-order chi connectivity index (χ0) is 42.4. The minimum atomic E-state index is -0.549. The van der Waals surface area contributed by atoms with E-state index < -0.39 is 10.8 Å². The van der Waals surface area contributed by atoms with E-state index in [2.05, 4.69) is 199 Å². The quantitative estimate of drug-likeness (QED) is 0.171. The lowest BCUT2D eigenvalue weighted by Gasteiger charge is -2.63. The smallest absolute Gasteiger partial charge is 0.178 e. The summed E-state index contributed by atoms with van der Waals surface area (Å²) >= 11 is 0. The van der Waals surface area contributed by atoms with Crippen LogP contribution in [0.15, 0.2) is 116 Å². The van der Waals surface area contributed by atoms with Gasteiger partial charge in [0.15, 0.2) is 23.3 Å². The maximum Gasteiger partial charge on any atom is 0.178 e. The number of nitrogens with one attached hydrogen (secondary N) is 1. The van der Waals surface area contributed by atoms with Crippen LogP contribution >= 0.6 is 0 Å². The van der Waals surface area contributed by atoms with Crippen molar-refractivity contribution in [1.82, 2.24) is 19.9 Å². The van der Waals surface area contributed by atoms with Crippen molar-refractivity contribution in [2.24, 2.45) is 5.41 Å². The van der Waals surface area contributed by atoms with Crippen LogP contribution in [-0.2, 0) is 16.2 Å². The highest BCUT2D eigenvalue weighted by atomic mass is 15.5. The molecule has 4 atom stereocenters. The van der Waals surface area contributed by atoms with Gasteiger partial charge < -0.3 is 20.0 Å². The summed E-state index contributed by atoms with van der Waals surface area (Å²) in [5.74, 6) is 3.78. The predicted octanol–water partition coefficient (Wildman–Crippen LogP) is 12.9. The minimum Gasteiger partial charge on any atom is -0.346 e. The van der Waals surface area contributed by atoms with E-state index in [1.165, 1.54) is 27.9 Å². The third-order valence-electron chi connectivity index (χ3n) is 13.8. The summed E-state index contributed by atoms with van der Waals surface area (Å²) in [4.78, 5) is 29.2. The Labute approximate surface area is 357 Å². The predicted molar refractivity (Wildman–Crippen MR) is 248 cm³/mol. The van der Waals surface area contributed by atoms with Gasteiger partial charge in [-0.2, -0.15) is 0 Å². The SMILES string of the molecule is CCC1(C)c2ccc(-c3ccccc3C(C)C)cc2N2c3ncc(C(C)(C)C)nc3N(c3ccccc3)C2C1(CC)C1Nc2nc(C(C)(C)C)cnc2N1c1ccccc1. The van der Waals surface area contributed by atoms with Crippen LogP contribution in [0.25, 0.3) is 11.1 Å². The Morgan fingerprint density at radius 1 is 0.650 bits per heavy atom. The molecule has 0 bridgehead atoms. The van der Waals surface area contributed by atoms with Crippen LogP contribution < -0.4 is 20.0 Å². The maximum atomic E-state index is 5.62. The number of aromatic nitrogens is 4. The summed E-state index contributed by atoms with van der Waals surface area (Å²) in [6.45, 7) is 25.1. The lowest BCUT2D eigenvalue weighted by atomic mass is 9.52. The molecular formula is C52H60N8. The Kier molecular flexibility index (Phi) is 9.38. The number of anilines is 7. The molecule has 0 saturated carbocycles. The molecule has 0 aliphatic carbocycles. The molecule has 6 aromatic rings. The summed E-state index contributed by atoms with van der Waals surface area (Å²) < 4.78 is 0. The van der Waals surface area contributed by atoms with Gasteiger partial charge in [0.25, 0.3) is 0 Å². The standard InChI is InChI=1S/C52H60N8/c1-12-51(11)39-29-28-34(38-27-21-20-26-37(38)33(3)4)30-40(39)60-45-46(56-42(32-54-45)50(8,9)10)59(36-24-18-15-19-25-36)48(60)52(51,13-2)47-57-43-44(53-31-41(55-43)49(5,6)7)58(47)35-22-16-14-17-23-35/h14-33,47-48H,12-13H2,1-11H3,(H,55,57). The zero-order valence-electron chi connectivity index (χ0n) is 37.2. The molecule has 3 aliphatic rings. The summed E-state index contributed by atoms with van der Waals surface area (Å²) in [7, 11) is 0. The average Bonchev–Trinajstić information content (AvgIpc) is 3.80. The molecule has 308 valence electrons. The van der Waals surface area contributed by atoms with E-state index in [1.807, 2.05) is 12.4 Å². The van der Waals surface area contributed by atoms with Crippen molar-refractivity contribution in [3.05, 3.63) is 138 Å². The highest BCUT2D eigenvalue weighted by Crippen LogP contribution is 2.67. The van der Waals surface area contributed by atoms with Crippen LogP contribution in [0.2, 0.25) is 0 Å². The number of nitrogens with zero attached hydrogens (tertiary/aromatic N) is 7. The molecule has 0 spiro atoms. The van der Waals surface area contributed by atoms with E-state index in [9.17, 15) is 0 Å². The van der Waals surface area contributed by atoms with E-state index in [-0.39, 0.29) is 23.2 Å². The molecule has 0 amide bonds. The van der Waals surface area contributed by atoms with E-state index in [0.29, 0.717) is 5.92 Å². The van der Waals surface area contributed by atoms with E-state index in [1.54, 1.807) is 0 Å². The molecule has 4 aromatic carbocycles. The van der Waals surface area contributed by atoms with Gasteiger partial charge in [0.05, 0.1) is 29.2 Å². The first-order valence-electron chi connectivity index (χ1n) is 21.9. The number of fused-ring (bicyclic) bond motifs is 6. The number of para-hydroxylation sites is 2. The van der Waals surface area contributed by atoms with Gasteiger partial charge in [-0.15, -0.1) is 0 Å². The molecule has 1 N–H and O–H groups in total. The normalized spacial score (nSPS) is 22.0.